The lowest BCUT2D eigenvalue weighted by atomic mass is 10.1. The van der Waals surface area contributed by atoms with Gasteiger partial charge in [0.1, 0.15) is 5.60 Å². The first-order chi connectivity index (χ1) is 11.0. The van der Waals surface area contributed by atoms with Crippen molar-refractivity contribution in [2.45, 2.75) is 59.1 Å². The van der Waals surface area contributed by atoms with Crippen LogP contribution in [-0.2, 0) is 4.74 Å². The van der Waals surface area contributed by atoms with Gasteiger partial charge in [0, 0.05) is 44.8 Å². The molecule has 0 aliphatic carbocycles. The molecule has 1 rings (SSSR count). The minimum absolute atomic E-state index is 0.0639. The second kappa shape index (κ2) is 8.55. The number of amides is 1. The van der Waals surface area contributed by atoms with Gasteiger partial charge in [-0.1, -0.05) is 0 Å². The third kappa shape index (κ3) is 8.96. The molecule has 0 unspecified atom stereocenters. The van der Waals surface area contributed by atoms with Crippen LogP contribution in [0.15, 0.2) is 4.99 Å². The van der Waals surface area contributed by atoms with Gasteiger partial charge in [-0.15, -0.1) is 0 Å². The monoisotopic (exact) mass is 341 g/mol. The average molecular weight is 342 g/mol. The highest BCUT2D eigenvalue weighted by Gasteiger charge is 2.25. The lowest BCUT2D eigenvalue weighted by molar-refractivity contribution is 0.0145. The zero-order valence-corrected chi connectivity index (χ0v) is 16.2. The van der Waals surface area contributed by atoms with Gasteiger partial charge in [-0.3, -0.25) is 9.89 Å². The van der Waals surface area contributed by atoms with Gasteiger partial charge in [-0.2, -0.15) is 0 Å². The quantitative estimate of drug-likeness (QED) is 0.461. The van der Waals surface area contributed by atoms with Gasteiger partial charge >= 0.3 is 6.09 Å². The van der Waals surface area contributed by atoms with Gasteiger partial charge in [-0.25, -0.2) is 4.79 Å². The zero-order chi connectivity index (χ0) is 18.4. The maximum absolute atomic E-state index is 12.0. The Hall–Kier alpha value is -1.50. The summed E-state index contributed by atoms with van der Waals surface area (Å²) in [5, 5.41) is 3.15. The summed E-state index contributed by atoms with van der Waals surface area (Å²) in [4.78, 5) is 20.5. The smallest absolute Gasteiger partial charge is 0.410 e. The van der Waals surface area contributed by atoms with Gasteiger partial charge in [0.2, 0.25) is 0 Å². The van der Waals surface area contributed by atoms with Crippen LogP contribution in [0.1, 0.15) is 48.0 Å². The van der Waals surface area contributed by atoms with Crippen molar-refractivity contribution in [1.82, 2.24) is 15.1 Å². The number of rotatable bonds is 4. The normalized spacial score (nSPS) is 17.8. The molecule has 0 aromatic heterocycles. The molecule has 1 aliphatic rings. The van der Waals surface area contributed by atoms with Crippen LogP contribution < -0.4 is 11.1 Å². The predicted octanol–water partition coefficient (Wildman–Crippen LogP) is 1.63. The van der Waals surface area contributed by atoms with Gasteiger partial charge < -0.3 is 20.7 Å². The first-order valence-electron chi connectivity index (χ1n) is 8.75. The van der Waals surface area contributed by atoms with Crippen LogP contribution in [0, 0.1) is 0 Å². The Balaban J connectivity index is 2.23. The van der Waals surface area contributed by atoms with E-state index in [1.54, 1.807) is 4.90 Å². The molecule has 0 atom stereocenters. The first-order valence-corrected chi connectivity index (χ1v) is 8.75. The van der Waals surface area contributed by atoms with Crippen LogP contribution in [0.2, 0.25) is 0 Å². The largest absolute Gasteiger partial charge is 0.444 e. The number of hydrogen-bond acceptors (Lipinski definition) is 4. The minimum atomic E-state index is -0.437. The molecule has 1 saturated heterocycles. The fourth-order valence-corrected chi connectivity index (χ4v) is 2.40. The van der Waals surface area contributed by atoms with E-state index < -0.39 is 5.60 Å². The number of hydrogen-bond donors (Lipinski definition) is 2. The van der Waals surface area contributed by atoms with Crippen molar-refractivity contribution >= 4 is 12.1 Å². The molecule has 140 valence electrons. The SMILES string of the molecule is CC(C)(C)NC(N)=NCCCN1CCN(C(=O)OC(C)(C)C)CC1. The van der Waals surface area contributed by atoms with Crippen molar-refractivity contribution in [3.05, 3.63) is 0 Å². The van der Waals surface area contributed by atoms with E-state index in [2.05, 4.69) is 36.0 Å². The maximum atomic E-state index is 12.0. The molecule has 1 heterocycles. The van der Waals surface area contributed by atoms with E-state index >= 15 is 0 Å². The molecular formula is C17H35N5O2. The third-order valence-electron chi connectivity index (χ3n) is 3.44. The van der Waals surface area contributed by atoms with Crippen molar-refractivity contribution in [1.29, 1.82) is 0 Å². The van der Waals surface area contributed by atoms with E-state index in [4.69, 9.17) is 10.5 Å². The molecule has 0 spiro atoms. The summed E-state index contributed by atoms with van der Waals surface area (Å²) in [6, 6.07) is 0. The molecule has 1 fully saturated rings. The second-order valence-electron chi connectivity index (χ2n) is 8.30. The number of piperazine rings is 1. The van der Waals surface area contributed by atoms with E-state index in [0.717, 1.165) is 26.1 Å². The average Bonchev–Trinajstić information content (AvgIpc) is 2.40. The van der Waals surface area contributed by atoms with Crippen molar-refractivity contribution in [3.8, 4) is 0 Å². The van der Waals surface area contributed by atoms with Gasteiger partial charge in [0.25, 0.3) is 0 Å². The molecule has 1 amide bonds. The Morgan fingerprint density at radius 2 is 1.71 bits per heavy atom. The molecule has 24 heavy (non-hydrogen) atoms. The maximum Gasteiger partial charge on any atom is 0.410 e. The summed E-state index contributed by atoms with van der Waals surface area (Å²) in [5.74, 6) is 0.497. The van der Waals surface area contributed by atoms with Crippen LogP contribution in [0.3, 0.4) is 0 Å². The fraction of sp³-hybridized carbons (Fsp3) is 0.882. The molecule has 7 nitrogen and oxygen atoms in total. The standard InChI is InChI=1S/C17H35N5O2/c1-16(2,3)20-14(18)19-8-7-9-21-10-12-22(13-11-21)15(23)24-17(4,5)6/h7-13H2,1-6H3,(H3,18,19,20). The first kappa shape index (κ1) is 20.5. The predicted molar refractivity (Wildman–Crippen MR) is 98.2 cm³/mol. The number of nitrogens with zero attached hydrogens (tertiary/aromatic N) is 3. The van der Waals surface area contributed by atoms with Crippen molar-refractivity contribution in [2.24, 2.45) is 10.7 Å². The van der Waals surface area contributed by atoms with Gasteiger partial charge in [0.15, 0.2) is 5.96 Å². The van der Waals surface area contributed by atoms with Crippen molar-refractivity contribution in [2.75, 3.05) is 39.3 Å². The third-order valence-corrected chi connectivity index (χ3v) is 3.44. The van der Waals surface area contributed by atoms with Crippen LogP contribution in [0.5, 0.6) is 0 Å². The minimum Gasteiger partial charge on any atom is -0.444 e. The van der Waals surface area contributed by atoms with Crippen LogP contribution >= 0.6 is 0 Å². The van der Waals surface area contributed by atoms with E-state index in [0.29, 0.717) is 25.6 Å². The number of nitrogens with one attached hydrogen (secondary N) is 1. The summed E-state index contributed by atoms with van der Waals surface area (Å²) in [6.45, 7) is 16.7. The molecule has 0 aromatic rings. The highest BCUT2D eigenvalue weighted by atomic mass is 16.6. The van der Waals surface area contributed by atoms with Gasteiger partial charge in [0.05, 0.1) is 0 Å². The summed E-state index contributed by atoms with van der Waals surface area (Å²) >= 11 is 0. The number of aliphatic imine (C=N–C) groups is 1. The van der Waals surface area contributed by atoms with Crippen molar-refractivity contribution < 1.29 is 9.53 Å². The number of carbonyl (C=O) groups excluding carboxylic acids is 1. The second-order valence-corrected chi connectivity index (χ2v) is 8.30. The number of nitrogens with two attached hydrogens (primary N) is 1. The molecule has 0 bridgehead atoms. The zero-order valence-electron chi connectivity index (χ0n) is 16.2. The summed E-state index contributed by atoms with van der Waals surface area (Å²) in [5.41, 5.74) is 5.35. The van der Waals surface area contributed by atoms with Crippen molar-refractivity contribution in [3.63, 3.8) is 0 Å². The highest BCUT2D eigenvalue weighted by molar-refractivity contribution is 5.78. The van der Waals surface area contributed by atoms with E-state index in [1.807, 2.05) is 20.8 Å². The van der Waals surface area contributed by atoms with Gasteiger partial charge in [-0.05, 0) is 48.0 Å². The molecule has 7 heteroatoms. The molecule has 0 saturated carbocycles. The van der Waals surface area contributed by atoms with Crippen LogP contribution in [0.25, 0.3) is 0 Å². The van der Waals surface area contributed by atoms with E-state index in [1.165, 1.54) is 0 Å². The summed E-state index contributed by atoms with van der Waals surface area (Å²) in [7, 11) is 0. The highest BCUT2D eigenvalue weighted by Crippen LogP contribution is 2.12. The number of guanidine groups is 1. The Morgan fingerprint density at radius 3 is 2.21 bits per heavy atom. The molecule has 1 aliphatic heterocycles. The lowest BCUT2D eigenvalue weighted by Gasteiger charge is -2.35. The molecule has 0 aromatic carbocycles. The number of carbonyl (C=O) groups is 1. The van der Waals surface area contributed by atoms with Crippen LogP contribution in [0.4, 0.5) is 4.79 Å². The van der Waals surface area contributed by atoms with E-state index in [-0.39, 0.29) is 11.6 Å². The Labute approximate surface area is 146 Å². The summed E-state index contributed by atoms with van der Waals surface area (Å²) < 4.78 is 5.41. The molecular weight excluding hydrogens is 306 g/mol. The molecule has 3 N–H and O–H groups in total. The fourth-order valence-electron chi connectivity index (χ4n) is 2.40. The van der Waals surface area contributed by atoms with E-state index in [9.17, 15) is 4.79 Å². The number of ether oxygens (including phenoxy) is 1. The van der Waals surface area contributed by atoms with Crippen LogP contribution in [-0.4, -0.2) is 72.3 Å². The molecule has 0 radical (unpaired) electrons. The Kier molecular flexibility index (Phi) is 7.32. The Bertz CT molecular complexity index is 429. The lowest BCUT2D eigenvalue weighted by Crippen LogP contribution is -2.50. The summed E-state index contributed by atoms with van der Waals surface area (Å²) in [6.07, 6.45) is 0.742. The topological polar surface area (TPSA) is 83.2 Å². The Morgan fingerprint density at radius 1 is 1.12 bits per heavy atom.